The lowest BCUT2D eigenvalue weighted by molar-refractivity contribution is -0.134. The molecule has 2 N–H and O–H groups in total. The second kappa shape index (κ2) is 10.6. The summed E-state index contributed by atoms with van der Waals surface area (Å²) in [4.78, 5) is 50.2. The van der Waals surface area contributed by atoms with Crippen LogP contribution < -0.4 is 10.6 Å². The van der Waals surface area contributed by atoms with Gasteiger partial charge in [0, 0.05) is 50.7 Å². The van der Waals surface area contributed by atoms with E-state index in [1.54, 1.807) is 37.2 Å². The van der Waals surface area contributed by atoms with Gasteiger partial charge < -0.3 is 25.0 Å². The molecule has 2 aromatic heterocycles. The van der Waals surface area contributed by atoms with E-state index in [-0.39, 0.29) is 30.3 Å². The van der Waals surface area contributed by atoms with Crippen molar-refractivity contribution >= 4 is 73.0 Å². The first kappa shape index (κ1) is 25.9. The number of nitrogens with one attached hydrogen (secondary N) is 2. The van der Waals surface area contributed by atoms with Crippen molar-refractivity contribution in [2.24, 2.45) is 7.05 Å². The van der Waals surface area contributed by atoms with Crippen LogP contribution in [-0.4, -0.2) is 75.3 Å². The molecule has 3 amide bonds. The molecule has 1 unspecified atom stereocenters. The summed E-state index contributed by atoms with van der Waals surface area (Å²) in [5, 5.41) is 7.32. The summed E-state index contributed by atoms with van der Waals surface area (Å²) in [6.07, 6.45) is 1.93. The number of carbonyl (C=O) groups is 3. The third-order valence-electron chi connectivity index (χ3n) is 6.72. The van der Waals surface area contributed by atoms with E-state index in [2.05, 4.69) is 20.6 Å². The van der Waals surface area contributed by atoms with E-state index in [4.69, 9.17) is 11.6 Å². The van der Waals surface area contributed by atoms with Crippen LogP contribution in [0.4, 0.5) is 11.1 Å². The van der Waals surface area contributed by atoms with Crippen molar-refractivity contribution in [3.63, 3.8) is 0 Å². The van der Waals surface area contributed by atoms with Crippen LogP contribution in [0.2, 0.25) is 5.02 Å². The van der Waals surface area contributed by atoms with Crippen molar-refractivity contribution in [1.29, 1.82) is 0 Å². The average molecular weight is 554 g/mol. The number of halogens is 1. The van der Waals surface area contributed by atoms with Crippen LogP contribution in [0.5, 0.6) is 0 Å². The highest BCUT2D eigenvalue weighted by molar-refractivity contribution is 7.22. The number of fused-ring (bicyclic) bond motifs is 2. The fraction of sp³-hybridized carbons (Fsp3) is 0.346. The largest absolute Gasteiger partial charge is 0.349 e. The maximum absolute atomic E-state index is 12.9. The molecule has 1 saturated heterocycles. The minimum absolute atomic E-state index is 0.0104. The summed E-state index contributed by atoms with van der Waals surface area (Å²) < 4.78 is 2.86. The van der Waals surface area contributed by atoms with Gasteiger partial charge in [-0.2, -0.15) is 0 Å². The van der Waals surface area contributed by atoms with E-state index in [1.165, 1.54) is 16.2 Å². The van der Waals surface area contributed by atoms with Crippen molar-refractivity contribution in [1.82, 2.24) is 29.7 Å². The molecule has 0 aliphatic carbocycles. The molecule has 1 aliphatic heterocycles. The molecule has 0 radical (unpaired) electrons. The summed E-state index contributed by atoms with van der Waals surface area (Å²) >= 11 is 7.56. The van der Waals surface area contributed by atoms with Gasteiger partial charge in [0.1, 0.15) is 0 Å². The first-order chi connectivity index (χ1) is 18.2. The van der Waals surface area contributed by atoms with Gasteiger partial charge in [-0.25, -0.2) is 9.97 Å². The smallest absolute Gasteiger partial charge is 0.251 e. The van der Waals surface area contributed by atoms with Crippen molar-refractivity contribution in [3.8, 4) is 0 Å². The second-order valence-electron chi connectivity index (χ2n) is 9.51. The van der Waals surface area contributed by atoms with Crippen molar-refractivity contribution < 1.29 is 14.4 Å². The lowest BCUT2D eigenvalue weighted by atomic mass is 10.1. The summed E-state index contributed by atoms with van der Waals surface area (Å²) in [7, 11) is 5.30. The van der Waals surface area contributed by atoms with Crippen LogP contribution in [0.1, 0.15) is 29.6 Å². The molecular weight excluding hydrogens is 526 g/mol. The van der Waals surface area contributed by atoms with Gasteiger partial charge in [0.05, 0.1) is 27.8 Å². The monoisotopic (exact) mass is 553 g/mol. The summed E-state index contributed by atoms with van der Waals surface area (Å²) in [5.41, 5.74) is 2.73. The lowest BCUT2D eigenvalue weighted by Gasteiger charge is -2.25. The maximum Gasteiger partial charge on any atom is 0.251 e. The highest BCUT2D eigenvalue weighted by Crippen LogP contribution is 2.31. The Bertz CT molecular complexity index is 1550. The number of imidazole rings is 1. The van der Waals surface area contributed by atoms with Crippen molar-refractivity contribution in [2.45, 2.75) is 25.3 Å². The molecule has 10 nitrogen and oxygen atoms in total. The van der Waals surface area contributed by atoms with E-state index in [0.717, 1.165) is 28.6 Å². The Hall–Kier alpha value is -3.70. The minimum Gasteiger partial charge on any atom is -0.349 e. The van der Waals surface area contributed by atoms with Crippen LogP contribution in [0, 0.1) is 0 Å². The van der Waals surface area contributed by atoms with Gasteiger partial charge in [-0.1, -0.05) is 22.9 Å². The molecule has 4 aromatic rings. The minimum atomic E-state index is -0.358. The molecule has 0 bridgehead atoms. The SMILES string of the molecule is CN(C)C(=O)CC1CCCN1C(=O)CNC(=O)c1ccc2c(c1)nc(Nc1nc3ccc(Cl)cc3s1)n2C. The van der Waals surface area contributed by atoms with E-state index in [1.807, 2.05) is 29.8 Å². The third-order valence-corrected chi connectivity index (χ3v) is 7.89. The molecule has 0 saturated carbocycles. The Kier molecular flexibility index (Phi) is 7.22. The molecule has 1 fully saturated rings. The normalized spacial score (nSPS) is 15.3. The zero-order valence-corrected chi connectivity index (χ0v) is 22.9. The van der Waals surface area contributed by atoms with Gasteiger partial charge >= 0.3 is 0 Å². The van der Waals surface area contributed by atoms with Gasteiger partial charge in [-0.3, -0.25) is 14.4 Å². The first-order valence-electron chi connectivity index (χ1n) is 12.3. The molecule has 12 heteroatoms. The van der Waals surface area contributed by atoms with Gasteiger partial charge in [0.15, 0.2) is 5.13 Å². The summed E-state index contributed by atoms with van der Waals surface area (Å²) in [5.74, 6) is 0.0348. The molecular formula is C26H28ClN7O3S. The Morgan fingerprint density at radius 3 is 2.74 bits per heavy atom. The fourth-order valence-electron chi connectivity index (χ4n) is 4.62. The van der Waals surface area contributed by atoms with Gasteiger partial charge in [-0.15, -0.1) is 0 Å². The van der Waals surface area contributed by atoms with E-state index >= 15 is 0 Å². The van der Waals surface area contributed by atoms with Gasteiger partial charge in [-0.05, 0) is 49.2 Å². The highest BCUT2D eigenvalue weighted by atomic mass is 35.5. The number of benzene rings is 2. The van der Waals surface area contributed by atoms with Gasteiger partial charge in [0.25, 0.3) is 5.91 Å². The van der Waals surface area contributed by atoms with E-state index in [0.29, 0.717) is 40.1 Å². The second-order valence-corrected chi connectivity index (χ2v) is 11.0. The van der Waals surface area contributed by atoms with Crippen LogP contribution >= 0.6 is 22.9 Å². The number of hydrogen-bond acceptors (Lipinski definition) is 7. The first-order valence-corrected chi connectivity index (χ1v) is 13.5. The van der Waals surface area contributed by atoms with E-state index in [9.17, 15) is 14.4 Å². The molecule has 38 heavy (non-hydrogen) atoms. The number of aromatic nitrogens is 3. The Balaban J connectivity index is 1.25. The van der Waals surface area contributed by atoms with Crippen LogP contribution in [0.15, 0.2) is 36.4 Å². The number of amides is 3. The molecule has 5 rings (SSSR count). The quantitative estimate of drug-likeness (QED) is 0.360. The summed E-state index contributed by atoms with van der Waals surface area (Å²) in [6.45, 7) is 0.470. The van der Waals surface area contributed by atoms with Crippen LogP contribution in [0.25, 0.3) is 21.3 Å². The average Bonchev–Trinajstić information content (AvgIpc) is 3.59. The number of aryl methyl sites for hydroxylation is 1. The molecule has 1 aliphatic rings. The zero-order chi connectivity index (χ0) is 27.0. The van der Waals surface area contributed by atoms with Gasteiger partial charge in [0.2, 0.25) is 17.8 Å². The number of rotatable bonds is 7. The predicted molar refractivity (Wildman–Crippen MR) is 149 cm³/mol. The molecule has 0 spiro atoms. The molecule has 2 aromatic carbocycles. The third kappa shape index (κ3) is 5.30. The number of anilines is 2. The Labute approximate surface area is 228 Å². The fourth-order valence-corrected chi connectivity index (χ4v) is 5.76. The van der Waals surface area contributed by atoms with Crippen molar-refractivity contribution in [2.75, 3.05) is 32.5 Å². The highest BCUT2D eigenvalue weighted by Gasteiger charge is 2.30. The molecule has 1 atom stereocenters. The van der Waals surface area contributed by atoms with Crippen molar-refractivity contribution in [3.05, 3.63) is 47.0 Å². The summed E-state index contributed by atoms with van der Waals surface area (Å²) in [6, 6.07) is 10.7. The number of likely N-dealkylation sites (tertiary alicyclic amines) is 1. The topological polar surface area (TPSA) is 112 Å². The molecule has 198 valence electrons. The number of nitrogens with zero attached hydrogens (tertiary/aromatic N) is 5. The molecule has 3 heterocycles. The lowest BCUT2D eigenvalue weighted by Crippen LogP contribution is -2.44. The zero-order valence-electron chi connectivity index (χ0n) is 21.3. The van der Waals surface area contributed by atoms with E-state index < -0.39 is 0 Å². The maximum atomic E-state index is 12.9. The van der Waals surface area contributed by atoms with Crippen LogP contribution in [0.3, 0.4) is 0 Å². The number of carbonyl (C=O) groups excluding carboxylic acids is 3. The number of hydrogen-bond donors (Lipinski definition) is 2. The number of thiazole rings is 1. The predicted octanol–water partition coefficient (Wildman–Crippen LogP) is 3.78. The van der Waals surface area contributed by atoms with Crippen LogP contribution in [-0.2, 0) is 16.6 Å². The Morgan fingerprint density at radius 1 is 1.13 bits per heavy atom. The Morgan fingerprint density at radius 2 is 1.95 bits per heavy atom. The standard InChI is InChI=1S/C26H28ClN7O3S/c1-32(2)22(35)13-17-5-4-10-34(17)23(36)14-28-24(37)15-6-9-20-19(11-15)29-25(33(20)3)31-26-30-18-8-7-16(27)12-21(18)38-26/h6-9,11-12,17H,4-5,10,13-14H2,1-3H3,(H,28,37)(H,29,30,31).